The molecule has 0 atom stereocenters. The van der Waals surface area contributed by atoms with Gasteiger partial charge in [0.15, 0.2) is 16.1 Å². The van der Waals surface area contributed by atoms with Crippen molar-refractivity contribution in [2.45, 2.75) is 94.4 Å². The van der Waals surface area contributed by atoms with E-state index in [2.05, 4.69) is 19.7 Å². The minimum absolute atomic E-state index is 0.0290. The number of aromatic nitrogens is 4. The maximum Gasteiger partial charge on any atom is 0.306 e. The molecule has 0 spiro atoms. The molecule has 0 aliphatic heterocycles. The van der Waals surface area contributed by atoms with Gasteiger partial charge in [0.1, 0.15) is 6.10 Å². The van der Waals surface area contributed by atoms with Crippen molar-refractivity contribution >= 4 is 22.8 Å². The predicted molar refractivity (Wildman–Crippen MR) is 118 cm³/mol. The Morgan fingerprint density at radius 3 is 2.32 bits per heavy atom. The summed E-state index contributed by atoms with van der Waals surface area (Å²) in [6, 6.07) is 4.13. The largest absolute Gasteiger partial charge is 0.462 e. The normalized spacial score (nSPS) is 18.1. The molecule has 2 heterocycles. The van der Waals surface area contributed by atoms with Gasteiger partial charge in [-0.3, -0.25) is 19.1 Å². The summed E-state index contributed by atoms with van der Waals surface area (Å²) in [4.78, 5) is 28.9. The molecule has 7 nitrogen and oxygen atoms in total. The van der Waals surface area contributed by atoms with E-state index in [0.29, 0.717) is 11.2 Å². The second-order valence-corrected chi connectivity index (χ2v) is 9.45. The first-order chi connectivity index (χ1) is 15.2. The van der Waals surface area contributed by atoms with E-state index in [0.717, 1.165) is 61.7 Å². The highest BCUT2D eigenvalue weighted by Gasteiger charge is 2.26. The van der Waals surface area contributed by atoms with Crippen molar-refractivity contribution in [3.05, 3.63) is 24.5 Å². The van der Waals surface area contributed by atoms with Crippen LogP contribution >= 0.6 is 11.8 Å². The third-order valence-corrected chi connectivity index (χ3v) is 7.02. The second kappa shape index (κ2) is 10.9. The topological polar surface area (TPSA) is 87.0 Å². The molecular formula is C23H30N4O3S. The zero-order chi connectivity index (χ0) is 21.5. The smallest absolute Gasteiger partial charge is 0.306 e. The number of carbonyl (C=O) groups is 2. The van der Waals surface area contributed by atoms with Crippen LogP contribution < -0.4 is 0 Å². The summed E-state index contributed by atoms with van der Waals surface area (Å²) < 4.78 is 7.66. The molecule has 0 N–H and O–H groups in total. The first-order valence-electron chi connectivity index (χ1n) is 11.5. The summed E-state index contributed by atoms with van der Waals surface area (Å²) in [6.07, 6.45) is 14.8. The number of pyridine rings is 1. The Bertz CT molecular complexity index is 874. The lowest BCUT2D eigenvalue weighted by Gasteiger charge is -2.25. The van der Waals surface area contributed by atoms with Gasteiger partial charge in [-0.1, -0.05) is 25.7 Å². The first kappa shape index (κ1) is 22.0. The highest BCUT2D eigenvalue weighted by molar-refractivity contribution is 8.13. The van der Waals surface area contributed by atoms with Gasteiger partial charge in [-0.15, -0.1) is 10.2 Å². The Morgan fingerprint density at radius 2 is 1.61 bits per heavy atom. The Hall–Kier alpha value is -2.22. The molecule has 0 amide bonds. The monoisotopic (exact) mass is 442 g/mol. The fourth-order valence-corrected chi connectivity index (χ4v) is 5.32. The molecule has 4 rings (SSSR count). The number of thioether (sulfide) groups is 1. The number of rotatable bonds is 7. The van der Waals surface area contributed by atoms with Gasteiger partial charge < -0.3 is 4.74 Å². The van der Waals surface area contributed by atoms with E-state index in [9.17, 15) is 9.59 Å². The average Bonchev–Trinajstić information content (AvgIpc) is 3.23. The molecule has 0 bridgehead atoms. The van der Waals surface area contributed by atoms with Crippen LogP contribution in [-0.2, 0) is 14.3 Å². The quantitative estimate of drug-likeness (QED) is 0.434. The van der Waals surface area contributed by atoms with E-state index in [1.165, 1.54) is 25.7 Å². The summed E-state index contributed by atoms with van der Waals surface area (Å²) in [6.45, 7) is 0. The molecule has 0 radical (unpaired) electrons. The van der Waals surface area contributed by atoms with Gasteiger partial charge in [-0.2, -0.15) is 0 Å². The van der Waals surface area contributed by atoms with E-state index in [-0.39, 0.29) is 30.0 Å². The van der Waals surface area contributed by atoms with E-state index in [1.54, 1.807) is 12.4 Å². The molecule has 2 aromatic rings. The van der Waals surface area contributed by atoms with Crippen LogP contribution in [0.1, 0.15) is 83.1 Å². The molecule has 0 unspecified atom stereocenters. The Labute approximate surface area is 187 Å². The zero-order valence-electron chi connectivity index (χ0n) is 17.9. The van der Waals surface area contributed by atoms with E-state index in [4.69, 9.17) is 4.74 Å². The van der Waals surface area contributed by atoms with Crippen LogP contribution in [0.15, 0.2) is 29.7 Å². The summed E-state index contributed by atoms with van der Waals surface area (Å²) in [5.41, 5.74) is 0.948. The number of esters is 1. The fraction of sp³-hybridized carbons (Fsp3) is 0.609. The first-order valence-corrected chi connectivity index (χ1v) is 12.3. The van der Waals surface area contributed by atoms with Gasteiger partial charge in [0, 0.05) is 30.4 Å². The van der Waals surface area contributed by atoms with Crippen molar-refractivity contribution in [2.75, 3.05) is 0 Å². The summed E-state index contributed by atoms with van der Waals surface area (Å²) in [7, 11) is 0. The molecule has 2 aromatic heterocycles. The summed E-state index contributed by atoms with van der Waals surface area (Å²) in [5.74, 6) is 0.508. The Kier molecular flexibility index (Phi) is 7.72. The third kappa shape index (κ3) is 5.93. The van der Waals surface area contributed by atoms with Crippen molar-refractivity contribution in [1.82, 2.24) is 19.7 Å². The van der Waals surface area contributed by atoms with Crippen LogP contribution in [0.25, 0.3) is 11.4 Å². The van der Waals surface area contributed by atoms with Gasteiger partial charge in [-0.25, -0.2) is 0 Å². The average molecular weight is 443 g/mol. The van der Waals surface area contributed by atoms with Gasteiger partial charge in [0.25, 0.3) is 0 Å². The summed E-state index contributed by atoms with van der Waals surface area (Å²) >= 11 is 1.09. The van der Waals surface area contributed by atoms with E-state index < -0.39 is 0 Å². The van der Waals surface area contributed by atoms with Gasteiger partial charge in [-0.05, 0) is 62.4 Å². The van der Waals surface area contributed by atoms with Crippen molar-refractivity contribution in [3.63, 3.8) is 0 Å². The van der Waals surface area contributed by atoms with Crippen molar-refractivity contribution in [2.24, 2.45) is 0 Å². The molecule has 2 saturated carbocycles. The standard InChI is InChI=1S/C23H30N4O3S/c28-20(30-19-9-5-2-6-10-19)11-12-21(29)31-23-26-25-22(17-13-15-24-16-14-17)27(23)18-7-3-1-4-8-18/h13-16,18-19H,1-12H2. The highest BCUT2D eigenvalue weighted by atomic mass is 32.2. The highest BCUT2D eigenvalue weighted by Crippen LogP contribution is 2.36. The van der Waals surface area contributed by atoms with Gasteiger partial charge >= 0.3 is 5.97 Å². The number of carbonyl (C=O) groups excluding carboxylic acids is 2. The number of ether oxygens (including phenoxy) is 1. The predicted octanol–water partition coefficient (Wildman–Crippen LogP) is 5.12. The van der Waals surface area contributed by atoms with Crippen LogP contribution in [0.5, 0.6) is 0 Å². The van der Waals surface area contributed by atoms with Gasteiger partial charge in [0.2, 0.25) is 0 Å². The van der Waals surface area contributed by atoms with Crippen LogP contribution in [-0.4, -0.2) is 36.9 Å². The lowest BCUT2D eigenvalue weighted by atomic mass is 9.95. The minimum atomic E-state index is -0.271. The Morgan fingerprint density at radius 1 is 0.935 bits per heavy atom. The Balaban J connectivity index is 1.40. The van der Waals surface area contributed by atoms with Crippen LogP contribution in [0.4, 0.5) is 0 Å². The SMILES string of the molecule is O=C(CCC(=O)Sc1nnc(-c2ccncc2)n1C1CCCCC1)OC1CCCCC1. The number of hydrogen-bond acceptors (Lipinski definition) is 7. The molecular weight excluding hydrogens is 412 g/mol. The van der Waals surface area contributed by atoms with Crippen molar-refractivity contribution in [1.29, 1.82) is 0 Å². The van der Waals surface area contributed by atoms with Crippen molar-refractivity contribution < 1.29 is 14.3 Å². The molecule has 166 valence electrons. The molecule has 31 heavy (non-hydrogen) atoms. The van der Waals surface area contributed by atoms with Crippen LogP contribution in [0.2, 0.25) is 0 Å². The molecule has 8 heteroatoms. The molecule has 2 fully saturated rings. The fourth-order valence-electron chi connectivity index (χ4n) is 4.50. The van der Waals surface area contributed by atoms with Crippen molar-refractivity contribution in [3.8, 4) is 11.4 Å². The maximum atomic E-state index is 12.7. The molecule has 2 aliphatic carbocycles. The number of hydrogen-bond donors (Lipinski definition) is 0. The zero-order valence-corrected chi connectivity index (χ0v) is 18.7. The van der Waals surface area contributed by atoms with E-state index >= 15 is 0 Å². The summed E-state index contributed by atoms with van der Waals surface area (Å²) in [5, 5.41) is 9.29. The third-order valence-electron chi connectivity index (χ3n) is 6.13. The van der Waals surface area contributed by atoms with Crippen LogP contribution in [0.3, 0.4) is 0 Å². The minimum Gasteiger partial charge on any atom is -0.462 e. The second-order valence-electron chi connectivity index (χ2n) is 8.43. The lowest BCUT2D eigenvalue weighted by Crippen LogP contribution is -2.21. The maximum absolute atomic E-state index is 12.7. The van der Waals surface area contributed by atoms with Gasteiger partial charge in [0.05, 0.1) is 6.42 Å². The molecule has 0 saturated heterocycles. The molecule has 0 aromatic carbocycles. The number of nitrogens with zero attached hydrogens (tertiary/aromatic N) is 4. The van der Waals surface area contributed by atoms with Crippen LogP contribution in [0, 0.1) is 0 Å². The molecule has 2 aliphatic rings. The van der Waals surface area contributed by atoms with E-state index in [1.807, 2.05) is 12.1 Å². The lowest BCUT2D eigenvalue weighted by molar-refractivity contribution is -0.151.